The highest BCUT2D eigenvalue weighted by atomic mass is 16.2. The minimum atomic E-state index is -0.621. The molecule has 0 unspecified atom stereocenters. The highest BCUT2D eigenvalue weighted by Gasteiger charge is 2.24. The molecule has 0 bridgehead atoms. The minimum Gasteiger partial charge on any atom is -0.365 e. The Morgan fingerprint density at radius 1 is 1.21 bits per heavy atom. The lowest BCUT2D eigenvalue weighted by Crippen LogP contribution is -2.39. The predicted molar refractivity (Wildman–Crippen MR) is 130 cm³/mol. The van der Waals surface area contributed by atoms with Crippen molar-refractivity contribution in [3.8, 4) is 0 Å². The Morgan fingerprint density at radius 2 is 1.97 bits per heavy atom. The molecule has 3 aromatic rings. The molecule has 0 aliphatic carbocycles. The quantitative estimate of drug-likeness (QED) is 0.461. The van der Waals surface area contributed by atoms with Gasteiger partial charge in [-0.15, -0.1) is 0 Å². The number of nitrogens with zero attached hydrogens (tertiary/aromatic N) is 5. The van der Waals surface area contributed by atoms with Crippen LogP contribution in [0.5, 0.6) is 0 Å². The van der Waals surface area contributed by atoms with Crippen LogP contribution in [-0.2, 0) is 4.79 Å². The van der Waals surface area contributed by atoms with E-state index in [9.17, 15) is 9.59 Å². The number of amides is 2. The summed E-state index contributed by atoms with van der Waals surface area (Å²) < 4.78 is 1.85. The van der Waals surface area contributed by atoms with Crippen LogP contribution in [0.4, 0.5) is 23.1 Å². The lowest BCUT2D eigenvalue weighted by molar-refractivity contribution is -0.127. The standard InChI is InChI=1S/C24H28N8O2/c1-4-20(33)31-10-6-9-18(14-31)32-13-17(11-27-32)28-24-26-12-19(22(25)34)23(30-24)29-21-15(2)7-5-8-16(21)3/h4-5,7-8,11-13,18H,1,6,9-10,14H2,2-3H3,(H2,25,34)(H2,26,28,29,30)/t18-/m1/s1. The molecule has 2 amide bonds. The van der Waals surface area contributed by atoms with E-state index >= 15 is 0 Å². The number of benzene rings is 1. The average Bonchev–Trinajstić information content (AvgIpc) is 3.29. The zero-order valence-electron chi connectivity index (χ0n) is 19.3. The average molecular weight is 461 g/mol. The number of hydrogen-bond donors (Lipinski definition) is 3. The molecule has 1 fully saturated rings. The molecule has 4 N–H and O–H groups in total. The molecule has 34 heavy (non-hydrogen) atoms. The molecular formula is C24H28N8O2. The summed E-state index contributed by atoms with van der Waals surface area (Å²) in [5, 5.41) is 10.8. The van der Waals surface area contributed by atoms with Crippen LogP contribution in [0.1, 0.15) is 40.4 Å². The number of piperidine rings is 1. The van der Waals surface area contributed by atoms with Gasteiger partial charge in [-0.05, 0) is 43.9 Å². The van der Waals surface area contributed by atoms with Gasteiger partial charge in [-0.3, -0.25) is 14.3 Å². The Bertz CT molecular complexity index is 1220. The normalized spacial score (nSPS) is 15.6. The lowest BCUT2D eigenvalue weighted by atomic mass is 10.1. The molecule has 0 spiro atoms. The molecule has 10 heteroatoms. The van der Waals surface area contributed by atoms with Crippen LogP contribution in [0.2, 0.25) is 0 Å². The summed E-state index contributed by atoms with van der Waals surface area (Å²) in [5.74, 6) is -0.0721. The van der Waals surface area contributed by atoms with Crippen LogP contribution in [-0.4, -0.2) is 49.6 Å². The Hall–Kier alpha value is -4.21. The molecule has 1 aromatic carbocycles. The molecule has 1 aliphatic heterocycles. The van der Waals surface area contributed by atoms with Gasteiger partial charge >= 0.3 is 0 Å². The first kappa shape index (κ1) is 23.0. The predicted octanol–water partition coefficient (Wildman–Crippen LogP) is 3.23. The number of aryl methyl sites for hydroxylation is 2. The molecule has 176 valence electrons. The van der Waals surface area contributed by atoms with Gasteiger partial charge < -0.3 is 21.3 Å². The number of anilines is 4. The topological polar surface area (TPSA) is 131 Å². The van der Waals surface area contributed by atoms with Gasteiger partial charge in [-0.2, -0.15) is 10.1 Å². The van der Waals surface area contributed by atoms with E-state index in [0.717, 1.165) is 36.2 Å². The highest BCUT2D eigenvalue weighted by Crippen LogP contribution is 2.27. The van der Waals surface area contributed by atoms with Crippen LogP contribution < -0.4 is 16.4 Å². The number of para-hydroxylation sites is 1. The first-order valence-electron chi connectivity index (χ1n) is 11.1. The fraction of sp³-hybridized carbons (Fsp3) is 0.292. The first-order valence-corrected chi connectivity index (χ1v) is 11.1. The van der Waals surface area contributed by atoms with E-state index < -0.39 is 5.91 Å². The van der Waals surface area contributed by atoms with Gasteiger partial charge in [0.15, 0.2) is 0 Å². The minimum absolute atomic E-state index is 0.0675. The maximum Gasteiger partial charge on any atom is 0.254 e. The molecule has 0 saturated carbocycles. The molecule has 4 rings (SSSR count). The lowest BCUT2D eigenvalue weighted by Gasteiger charge is -2.32. The number of rotatable bonds is 7. The number of likely N-dealkylation sites (tertiary alicyclic amines) is 1. The summed E-state index contributed by atoms with van der Waals surface area (Å²) in [6.07, 6.45) is 8.11. The summed E-state index contributed by atoms with van der Waals surface area (Å²) in [6, 6.07) is 5.99. The van der Waals surface area contributed by atoms with Crippen LogP contribution in [0.25, 0.3) is 0 Å². The molecule has 2 aromatic heterocycles. The van der Waals surface area contributed by atoms with Crippen molar-refractivity contribution >= 4 is 35.0 Å². The highest BCUT2D eigenvalue weighted by molar-refractivity contribution is 5.98. The zero-order valence-corrected chi connectivity index (χ0v) is 19.3. The fourth-order valence-corrected chi connectivity index (χ4v) is 4.08. The van der Waals surface area contributed by atoms with E-state index in [0.29, 0.717) is 24.0 Å². The maximum atomic E-state index is 12.0. The largest absolute Gasteiger partial charge is 0.365 e. The number of aromatic nitrogens is 4. The summed E-state index contributed by atoms with van der Waals surface area (Å²) in [7, 11) is 0. The van der Waals surface area contributed by atoms with Gasteiger partial charge in [0.05, 0.1) is 17.9 Å². The number of carbonyl (C=O) groups excluding carboxylic acids is 2. The molecule has 1 atom stereocenters. The van der Waals surface area contributed by atoms with Crippen molar-refractivity contribution in [1.82, 2.24) is 24.6 Å². The van der Waals surface area contributed by atoms with E-state index in [2.05, 4.69) is 32.3 Å². The molecule has 3 heterocycles. The number of carbonyl (C=O) groups is 2. The third-order valence-corrected chi connectivity index (χ3v) is 5.89. The van der Waals surface area contributed by atoms with E-state index in [1.807, 2.05) is 42.9 Å². The smallest absolute Gasteiger partial charge is 0.254 e. The van der Waals surface area contributed by atoms with Crippen molar-refractivity contribution in [3.05, 3.63) is 66.1 Å². The Balaban J connectivity index is 1.54. The van der Waals surface area contributed by atoms with Crippen LogP contribution in [0.3, 0.4) is 0 Å². The van der Waals surface area contributed by atoms with Crippen molar-refractivity contribution in [2.24, 2.45) is 5.73 Å². The second kappa shape index (κ2) is 9.74. The maximum absolute atomic E-state index is 12.0. The Labute approximate surface area is 197 Å². The van der Waals surface area contributed by atoms with Gasteiger partial charge in [0, 0.05) is 31.2 Å². The van der Waals surface area contributed by atoms with Gasteiger partial charge in [-0.25, -0.2) is 4.98 Å². The Morgan fingerprint density at radius 3 is 2.68 bits per heavy atom. The monoisotopic (exact) mass is 460 g/mol. The summed E-state index contributed by atoms with van der Waals surface area (Å²) in [6.45, 7) is 8.83. The summed E-state index contributed by atoms with van der Waals surface area (Å²) >= 11 is 0. The number of primary amides is 1. The molecule has 10 nitrogen and oxygen atoms in total. The van der Waals surface area contributed by atoms with Crippen LogP contribution >= 0.6 is 0 Å². The van der Waals surface area contributed by atoms with Gasteiger partial charge in [0.1, 0.15) is 11.4 Å². The first-order chi connectivity index (χ1) is 16.4. The number of hydrogen-bond acceptors (Lipinski definition) is 7. The van der Waals surface area contributed by atoms with E-state index in [1.54, 1.807) is 11.1 Å². The third kappa shape index (κ3) is 4.90. The number of nitrogens with two attached hydrogens (primary N) is 1. The third-order valence-electron chi connectivity index (χ3n) is 5.89. The number of nitrogens with one attached hydrogen (secondary N) is 2. The zero-order chi connectivity index (χ0) is 24.2. The molecular weight excluding hydrogens is 432 g/mol. The second-order valence-electron chi connectivity index (χ2n) is 8.33. The van der Waals surface area contributed by atoms with Crippen molar-refractivity contribution in [3.63, 3.8) is 0 Å². The van der Waals surface area contributed by atoms with Crippen LogP contribution in [0.15, 0.2) is 49.4 Å². The molecule has 0 radical (unpaired) electrons. The van der Waals surface area contributed by atoms with E-state index in [4.69, 9.17) is 5.73 Å². The van der Waals surface area contributed by atoms with E-state index in [-0.39, 0.29) is 17.5 Å². The van der Waals surface area contributed by atoms with E-state index in [1.165, 1.54) is 12.3 Å². The van der Waals surface area contributed by atoms with Gasteiger partial charge in [0.25, 0.3) is 5.91 Å². The Kier molecular flexibility index (Phi) is 6.58. The molecule has 1 aliphatic rings. The van der Waals surface area contributed by atoms with Crippen LogP contribution in [0, 0.1) is 13.8 Å². The van der Waals surface area contributed by atoms with Crippen molar-refractivity contribution < 1.29 is 9.59 Å². The van der Waals surface area contributed by atoms with Crippen molar-refractivity contribution in [2.75, 3.05) is 23.7 Å². The van der Waals surface area contributed by atoms with Gasteiger partial charge in [0.2, 0.25) is 11.9 Å². The fourth-order valence-electron chi connectivity index (χ4n) is 4.08. The van der Waals surface area contributed by atoms with Crippen molar-refractivity contribution in [2.45, 2.75) is 32.7 Å². The summed E-state index contributed by atoms with van der Waals surface area (Å²) in [4.78, 5) is 34.5. The molecule has 1 saturated heterocycles. The summed E-state index contributed by atoms with van der Waals surface area (Å²) in [5.41, 5.74) is 9.32. The SMILES string of the molecule is C=CC(=O)N1CCC[C@@H](n2cc(Nc3ncc(C(N)=O)c(Nc4c(C)cccc4C)n3)cn2)C1. The second-order valence-corrected chi connectivity index (χ2v) is 8.33. The van der Waals surface area contributed by atoms with Gasteiger partial charge in [-0.1, -0.05) is 24.8 Å². The van der Waals surface area contributed by atoms with Crippen molar-refractivity contribution in [1.29, 1.82) is 0 Å².